The lowest BCUT2D eigenvalue weighted by Crippen LogP contribution is -2.70. The Hall–Kier alpha value is -1.75. The fraction of sp³-hybridized carbons (Fsp3) is 0.650. The summed E-state index contributed by atoms with van der Waals surface area (Å²) in [5, 5.41) is 6.24. The number of urea groups is 1. The molecule has 5 nitrogen and oxygen atoms in total. The predicted octanol–water partition coefficient (Wildman–Crippen LogP) is 2.74. The molecule has 5 heteroatoms. The summed E-state index contributed by atoms with van der Waals surface area (Å²) in [4.78, 5) is 12.4. The highest BCUT2D eigenvalue weighted by Crippen LogP contribution is 2.51. The highest BCUT2D eigenvalue weighted by Gasteiger charge is 2.58. The van der Waals surface area contributed by atoms with Crippen LogP contribution in [0.15, 0.2) is 24.3 Å². The molecule has 1 aromatic carbocycles. The minimum absolute atomic E-state index is 0.00924. The maximum atomic E-state index is 12.4. The highest BCUT2D eigenvalue weighted by atomic mass is 16.5. The number of ether oxygens (including phenoxy) is 2. The molecule has 136 valence electrons. The summed E-state index contributed by atoms with van der Waals surface area (Å²) in [5.41, 5.74) is 1.23. The number of hydrogen-bond acceptors (Lipinski definition) is 3. The Bertz CT molecular complexity index is 646. The minimum Gasteiger partial charge on any atom is -0.493 e. The zero-order chi connectivity index (χ0) is 17.4. The molecule has 0 radical (unpaired) electrons. The van der Waals surface area contributed by atoms with E-state index in [0.29, 0.717) is 25.0 Å². The van der Waals surface area contributed by atoms with Crippen LogP contribution in [0, 0.1) is 17.3 Å². The molecular weight excluding hydrogens is 316 g/mol. The lowest BCUT2D eigenvalue weighted by atomic mass is 9.55. The minimum atomic E-state index is -0.0686. The van der Waals surface area contributed by atoms with Crippen molar-refractivity contribution in [2.75, 3.05) is 19.8 Å². The molecule has 4 atom stereocenters. The van der Waals surface area contributed by atoms with E-state index in [9.17, 15) is 4.79 Å². The van der Waals surface area contributed by atoms with Crippen LogP contribution in [-0.2, 0) is 11.2 Å². The van der Waals surface area contributed by atoms with Gasteiger partial charge in [-0.3, -0.25) is 0 Å². The fourth-order valence-corrected chi connectivity index (χ4v) is 4.77. The van der Waals surface area contributed by atoms with E-state index < -0.39 is 0 Å². The second-order valence-corrected chi connectivity index (χ2v) is 8.24. The summed E-state index contributed by atoms with van der Waals surface area (Å²) < 4.78 is 11.7. The number of hydrogen-bond donors (Lipinski definition) is 2. The maximum Gasteiger partial charge on any atom is 0.315 e. The number of benzene rings is 1. The molecule has 1 saturated heterocycles. The van der Waals surface area contributed by atoms with Crippen LogP contribution in [-0.4, -0.2) is 37.9 Å². The Morgan fingerprint density at radius 1 is 1.32 bits per heavy atom. The molecule has 2 fully saturated rings. The highest BCUT2D eigenvalue weighted by molar-refractivity contribution is 5.74. The smallest absolute Gasteiger partial charge is 0.315 e. The molecule has 25 heavy (non-hydrogen) atoms. The van der Waals surface area contributed by atoms with Crippen LogP contribution >= 0.6 is 0 Å². The van der Waals surface area contributed by atoms with E-state index in [2.05, 4.69) is 30.5 Å². The molecular formula is C20H28N2O3. The van der Waals surface area contributed by atoms with Gasteiger partial charge in [-0.2, -0.15) is 0 Å². The van der Waals surface area contributed by atoms with Gasteiger partial charge in [-0.1, -0.05) is 32.0 Å². The maximum absolute atomic E-state index is 12.4. The monoisotopic (exact) mass is 344 g/mol. The van der Waals surface area contributed by atoms with E-state index in [1.165, 1.54) is 5.56 Å². The largest absolute Gasteiger partial charge is 0.493 e. The third kappa shape index (κ3) is 3.10. The normalized spacial score (nSPS) is 32.4. The zero-order valence-electron chi connectivity index (χ0n) is 15.1. The van der Waals surface area contributed by atoms with Crippen molar-refractivity contribution in [1.29, 1.82) is 0 Å². The van der Waals surface area contributed by atoms with Gasteiger partial charge in [-0.05, 0) is 30.9 Å². The van der Waals surface area contributed by atoms with Crippen LogP contribution in [0.25, 0.3) is 0 Å². The molecule has 0 bridgehead atoms. The van der Waals surface area contributed by atoms with Gasteiger partial charge in [0.15, 0.2) is 0 Å². The van der Waals surface area contributed by atoms with Gasteiger partial charge < -0.3 is 20.1 Å². The molecule has 2 amide bonds. The summed E-state index contributed by atoms with van der Waals surface area (Å²) in [7, 11) is 0. The summed E-state index contributed by atoms with van der Waals surface area (Å²) >= 11 is 0. The number of fused-ring (bicyclic) bond motifs is 2. The van der Waals surface area contributed by atoms with E-state index in [1.807, 2.05) is 18.2 Å². The lowest BCUT2D eigenvalue weighted by Gasteiger charge is -2.59. The third-order valence-corrected chi connectivity index (χ3v) is 6.12. The van der Waals surface area contributed by atoms with E-state index in [4.69, 9.17) is 9.47 Å². The lowest BCUT2D eigenvalue weighted by molar-refractivity contribution is -0.189. The molecule has 1 aliphatic carbocycles. The van der Waals surface area contributed by atoms with Gasteiger partial charge >= 0.3 is 6.03 Å². The van der Waals surface area contributed by atoms with Crippen LogP contribution in [0.1, 0.15) is 32.3 Å². The van der Waals surface area contributed by atoms with Gasteiger partial charge in [0, 0.05) is 36.4 Å². The Balaban J connectivity index is 1.27. The van der Waals surface area contributed by atoms with Gasteiger partial charge in [0.05, 0.1) is 12.7 Å². The van der Waals surface area contributed by atoms with Crippen LogP contribution in [0.5, 0.6) is 5.75 Å². The Morgan fingerprint density at radius 2 is 2.16 bits per heavy atom. The van der Waals surface area contributed by atoms with Gasteiger partial charge in [-0.15, -0.1) is 0 Å². The molecule has 2 aliphatic heterocycles. The Kier molecular flexibility index (Phi) is 4.36. The molecule has 2 heterocycles. The molecule has 2 N–H and O–H groups in total. The van der Waals surface area contributed by atoms with Gasteiger partial charge in [0.1, 0.15) is 5.75 Å². The zero-order valence-corrected chi connectivity index (χ0v) is 15.1. The topological polar surface area (TPSA) is 59.6 Å². The number of amides is 2. The quantitative estimate of drug-likeness (QED) is 0.886. The van der Waals surface area contributed by atoms with Crippen molar-refractivity contribution in [3.8, 4) is 5.75 Å². The van der Waals surface area contributed by atoms with Crippen molar-refractivity contribution in [3.63, 3.8) is 0 Å². The van der Waals surface area contributed by atoms with Crippen molar-refractivity contribution in [3.05, 3.63) is 29.8 Å². The van der Waals surface area contributed by atoms with E-state index in [-0.39, 0.29) is 23.6 Å². The first-order valence-electron chi connectivity index (χ1n) is 9.42. The summed E-state index contributed by atoms with van der Waals surface area (Å²) in [6, 6.07) is 8.26. The number of rotatable bonds is 3. The second kappa shape index (κ2) is 6.52. The van der Waals surface area contributed by atoms with Crippen molar-refractivity contribution in [2.24, 2.45) is 17.3 Å². The van der Waals surface area contributed by atoms with E-state index in [1.54, 1.807) is 0 Å². The molecule has 0 unspecified atom stereocenters. The summed E-state index contributed by atoms with van der Waals surface area (Å²) in [6.45, 7) is 6.53. The molecule has 1 aromatic rings. The number of nitrogens with one attached hydrogen (secondary N) is 2. The number of para-hydroxylation sites is 1. The van der Waals surface area contributed by atoms with Crippen LogP contribution in [0.2, 0.25) is 0 Å². The van der Waals surface area contributed by atoms with Gasteiger partial charge in [0.25, 0.3) is 0 Å². The molecule has 0 spiro atoms. The standard InChI is InChI=1S/C20H28N2O3/c1-20(2)17(15-7-5-9-24-18(15)20)22-19(23)21-11-13-10-14-6-3-4-8-16(14)25-12-13/h3-4,6,8,13,15,17-18H,5,7,9-12H2,1-2H3,(H2,21,22,23)/t13-,15+,17-,18-/m1/s1. The SMILES string of the molecule is CC1(C)[C@H](NC(=O)NC[C@@H]2COc3ccccc3C2)[C@@H]2CCCO[C@H]21. The van der Waals surface area contributed by atoms with Gasteiger partial charge in [-0.25, -0.2) is 4.79 Å². The first-order valence-corrected chi connectivity index (χ1v) is 9.42. The first kappa shape index (κ1) is 16.7. The van der Waals surface area contributed by atoms with Crippen LogP contribution in [0.4, 0.5) is 4.79 Å². The predicted molar refractivity (Wildman–Crippen MR) is 95.7 cm³/mol. The Morgan fingerprint density at radius 3 is 3.04 bits per heavy atom. The fourth-order valence-electron chi connectivity index (χ4n) is 4.77. The average Bonchev–Trinajstić information content (AvgIpc) is 2.64. The molecule has 4 rings (SSSR count). The molecule has 0 aromatic heterocycles. The summed E-state index contributed by atoms with van der Waals surface area (Å²) in [6.07, 6.45) is 3.47. The molecule has 3 aliphatic rings. The number of carbonyl (C=O) groups excluding carboxylic acids is 1. The first-order chi connectivity index (χ1) is 12.1. The van der Waals surface area contributed by atoms with Gasteiger partial charge in [0.2, 0.25) is 0 Å². The second-order valence-electron chi connectivity index (χ2n) is 8.24. The average molecular weight is 344 g/mol. The van der Waals surface area contributed by atoms with Crippen molar-refractivity contribution >= 4 is 6.03 Å². The van der Waals surface area contributed by atoms with Crippen LogP contribution in [0.3, 0.4) is 0 Å². The van der Waals surface area contributed by atoms with Crippen LogP contribution < -0.4 is 15.4 Å². The van der Waals surface area contributed by atoms with E-state index >= 15 is 0 Å². The Labute approximate surface area is 149 Å². The number of carbonyl (C=O) groups is 1. The third-order valence-electron chi connectivity index (χ3n) is 6.12. The van der Waals surface area contributed by atoms with Crippen molar-refractivity contribution in [1.82, 2.24) is 10.6 Å². The van der Waals surface area contributed by atoms with Crippen molar-refractivity contribution < 1.29 is 14.3 Å². The molecule has 1 saturated carbocycles. The summed E-state index contributed by atoms with van der Waals surface area (Å²) in [5.74, 6) is 1.75. The van der Waals surface area contributed by atoms with Crippen molar-refractivity contribution in [2.45, 2.75) is 45.3 Å². The van der Waals surface area contributed by atoms with E-state index in [0.717, 1.165) is 31.6 Å².